The fourth-order valence-corrected chi connectivity index (χ4v) is 1.07. The number of aryl methyl sites for hydroxylation is 1. The van der Waals surface area contributed by atoms with E-state index in [4.69, 9.17) is 10.8 Å². The average molecular weight is 253 g/mol. The smallest absolute Gasteiger partial charge is 0.320 e. The molecule has 0 radical (unpaired) electrons. The first-order valence-corrected chi connectivity index (χ1v) is 3.98. The lowest BCUT2D eigenvalue weighted by molar-refractivity contribution is -0.138. The monoisotopic (exact) mass is 252 g/mol. The highest BCUT2D eigenvalue weighted by atomic mass is 35.5. The molecule has 4 nitrogen and oxygen atoms in total. The second-order valence-electron chi connectivity index (χ2n) is 3.02. The van der Waals surface area contributed by atoms with E-state index in [-0.39, 0.29) is 24.8 Å². The molecule has 1 aromatic heterocycles. The van der Waals surface area contributed by atoms with Gasteiger partial charge in [-0.1, -0.05) is 6.07 Å². The van der Waals surface area contributed by atoms with Crippen molar-refractivity contribution in [2.75, 3.05) is 0 Å². The summed E-state index contributed by atoms with van der Waals surface area (Å²) in [6, 6.07) is 1.04. The Morgan fingerprint density at radius 2 is 2.13 bits per heavy atom. The number of aliphatic carboxylic acids is 1. The van der Waals surface area contributed by atoms with Gasteiger partial charge in [0.1, 0.15) is 6.04 Å². The summed E-state index contributed by atoms with van der Waals surface area (Å²) in [7, 11) is 0. The van der Waals surface area contributed by atoms with E-state index in [2.05, 4.69) is 4.98 Å². The van der Waals surface area contributed by atoms with Gasteiger partial charge in [-0.2, -0.15) is 0 Å². The van der Waals surface area contributed by atoms with Crippen molar-refractivity contribution >= 4 is 30.8 Å². The van der Waals surface area contributed by atoms with Crippen LogP contribution in [0.15, 0.2) is 18.5 Å². The molecule has 1 atom stereocenters. The van der Waals surface area contributed by atoms with E-state index >= 15 is 0 Å². The van der Waals surface area contributed by atoms with Gasteiger partial charge >= 0.3 is 5.97 Å². The molecule has 0 aromatic carbocycles. The van der Waals surface area contributed by atoms with E-state index in [9.17, 15) is 4.79 Å². The second kappa shape index (κ2) is 7.45. The Balaban J connectivity index is 0. The van der Waals surface area contributed by atoms with Crippen LogP contribution in [0, 0.1) is 6.92 Å². The minimum atomic E-state index is -0.985. The Kier molecular flexibility index (Phi) is 8.24. The molecule has 3 N–H and O–H groups in total. The van der Waals surface area contributed by atoms with Gasteiger partial charge in [-0.25, -0.2) is 0 Å². The molecule has 6 heteroatoms. The first kappa shape index (κ1) is 16.6. The summed E-state index contributed by atoms with van der Waals surface area (Å²) in [5.41, 5.74) is 7.24. The van der Waals surface area contributed by atoms with Crippen LogP contribution in [0.4, 0.5) is 0 Å². The number of hydrogen-bond donors (Lipinski definition) is 2. The predicted octanol–water partition coefficient (Wildman–Crippen LogP) is 1.19. The van der Waals surface area contributed by atoms with Crippen molar-refractivity contribution < 1.29 is 9.90 Å². The summed E-state index contributed by atoms with van der Waals surface area (Å²) < 4.78 is 0. The summed E-state index contributed by atoms with van der Waals surface area (Å²) in [4.78, 5) is 14.4. The first-order chi connectivity index (χ1) is 6.09. The average Bonchev–Trinajstić information content (AvgIpc) is 2.04. The summed E-state index contributed by atoms with van der Waals surface area (Å²) >= 11 is 0. The number of nitrogens with two attached hydrogens (primary N) is 1. The van der Waals surface area contributed by atoms with E-state index in [1.54, 1.807) is 12.4 Å². The lowest BCUT2D eigenvalue weighted by Gasteiger charge is -2.05. The largest absolute Gasteiger partial charge is 0.480 e. The third-order valence-corrected chi connectivity index (χ3v) is 1.70. The van der Waals surface area contributed by atoms with Crippen LogP contribution >= 0.6 is 24.8 Å². The lowest BCUT2D eigenvalue weighted by Crippen LogP contribution is -2.32. The van der Waals surface area contributed by atoms with Gasteiger partial charge in [-0.3, -0.25) is 9.78 Å². The highest BCUT2D eigenvalue weighted by Gasteiger charge is 2.11. The number of carboxylic acid groups (broad SMARTS) is 1. The fraction of sp³-hybridized carbons (Fsp3) is 0.333. The molecule has 0 saturated heterocycles. The molecule has 0 aliphatic rings. The van der Waals surface area contributed by atoms with Gasteiger partial charge in [0.25, 0.3) is 0 Å². The number of rotatable bonds is 3. The zero-order chi connectivity index (χ0) is 9.84. The highest BCUT2D eigenvalue weighted by Crippen LogP contribution is 2.03. The van der Waals surface area contributed by atoms with Crippen LogP contribution in [0.25, 0.3) is 0 Å². The van der Waals surface area contributed by atoms with Crippen molar-refractivity contribution in [1.82, 2.24) is 4.98 Å². The normalized spacial score (nSPS) is 10.8. The molecule has 0 amide bonds. The van der Waals surface area contributed by atoms with E-state index in [0.717, 1.165) is 11.1 Å². The summed E-state index contributed by atoms with van der Waals surface area (Å²) in [5, 5.41) is 8.57. The van der Waals surface area contributed by atoms with Gasteiger partial charge in [0.15, 0.2) is 0 Å². The predicted molar refractivity (Wildman–Crippen MR) is 62.8 cm³/mol. The third kappa shape index (κ3) is 5.57. The molecule has 1 aromatic rings. The summed E-state index contributed by atoms with van der Waals surface area (Å²) in [6.07, 6.45) is 3.68. The molecular formula is C9H14Cl2N2O2. The van der Waals surface area contributed by atoms with E-state index < -0.39 is 12.0 Å². The molecule has 0 saturated carbocycles. The standard InChI is InChI=1S/C9H12N2O2.2ClH/c1-6-2-7(5-11-4-6)3-8(10)9(12)13;;/h2,4-5,8H,3,10H2,1H3,(H,12,13);2*1H/t8-;;/m1../s1. The molecule has 0 aliphatic carbocycles. The SMILES string of the molecule is Cc1cncc(C[C@@H](N)C(=O)O)c1.Cl.Cl. The van der Waals surface area contributed by atoms with Gasteiger partial charge in [0, 0.05) is 12.4 Å². The summed E-state index contributed by atoms with van der Waals surface area (Å²) in [5.74, 6) is -0.985. The van der Waals surface area contributed by atoms with Gasteiger partial charge in [0.2, 0.25) is 0 Å². The summed E-state index contributed by atoms with van der Waals surface area (Å²) in [6.45, 7) is 1.91. The quantitative estimate of drug-likeness (QED) is 0.848. The van der Waals surface area contributed by atoms with Crippen molar-refractivity contribution in [3.63, 3.8) is 0 Å². The molecule has 15 heavy (non-hydrogen) atoms. The number of pyridine rings is 1. The highest BCUT2D eigenvalue weighted by molar-refractivity contribution is 5.85. The molecular weight excluding hydrogens is 239 g/mol. The minimum absolute atomic E-state index is 0. The van der Waals surface area contributed by atoms with Gasteiger partial charge in [-0.05, 0) is 24.5 Å². The van der Waals surface area contributed by atoms with Crippen LogP contribution in [0.3, 0.4) is 0 Å². The van der Waals surface area contributed by atoms with Gasteiger partial charge in [0.05, 0.1) is 0 Å². The van der Waals surface area contributed by atoms with Crippen LogP contribution < -0.4 is 5.73 Å². The maximum absolute atomic E-state index is 10.4. The molecule has 86 valence electrons. The number of hydrogen-bond acceptors (Lipinski definition) is 3. The number of carbonyl (C=O) groups is 1. The number of halogens is 2. The van der Waals surface area contributed by atoms with Crippen molar-refractivity contribution in [1.29, 1.82) is 0 Å². The van der Waals surface area contributed by atoms with Gasteiger partial charge < -0.3 is 10.8 Å². The van der Waals surface area contributed by atoms with Crippen LogP contribution in [-0.4, -0.2) is 22.1 Å². The molecule has 1 rings (SSSR count). The Morgan fingerprint density at radius 1 is 1.53 bits per heavy atom. The second-order valence-corrected chi connectivity index (χ2v) is 3.02. The maximum atomic E-state index is 10.4. The Morgan fingerprint density at radius 3 is 2.60 bits per heavy atom. The number of carboxylic acids is 1. The Labute approximate surface area is 101 Å². The molecule has 0 spiro atoms. The molecule has 0 bridgehead atoms. The van der Waals surface area contributed by atoms with Crippen molar-refractivity contribution in [3.8, 4) is 0 Å². The Bertz CT molecular complexity index is 321. The molecule has 0 fully saturated rings. The topological polar surface area (TPSA) is 76.2 Å². The van der Waals surface area contributed by atoms with Crippen LogP contribution in [0.1, 0.15) is 11.1 Å². The molecule has 1 heterocycles. The number of aromatic nitrogens is 1. The zero-order valence-electron chi connectivity index (χ0n) is 8.21. The fourth-order valence-electron chi connectivity index (χ4n) is 1.07. The van der Waals surface area contributed by atoms with Crippen LogP contribution in [0.2, 0.25) is 0 Å². The third-order valence-electron chi connectivity index (χ3n) is 1.70. The molecule has 0 unspecified atom stereocenters. The Hall–Kier alpha value is -0.840. The lowest BCUT2D eigenvalue weighted by atomic mass is 10.1. The van der Waals surface area contributed by atoms with E-state index in [0.29, 0.717) is 6.42 Å². The van der Waals surface area contributed by atoms with Crippen molar-refractivity contribution in [2.24, 2.45) is 5.73 Å². The van der Waals surface area contributed by atoms with E-state index in [1.807, 2.05) is 13.0 Å². The van der Waals surface area contributed by atoms with E-state index in [1.165, 1.54) is 0 Å². The van der Waals surface area contributed by atoms with Crippen LogP contribution in [-0.2, 0) is 11.2 Å². The maximum Gasteiger partial charge on any atom is 0.320 e. The zero-order valence-corrected chi connectivity index (χ0v) is 9.85. The molecule has 0 aliphatic heterocycles. The van der Waals surface area contributed by atoms with Gasteiger partial charge in [-0.15, -0.1) is 24.8 Å². The van der Waals surface area contributed by atoms with Crippen molar-refractivity contribution in [2.45, 2.75) is 19.4 Å². The van der Waals surface area contributed by atoms with Crippen molar-refractivity contribution in [3.05, 3.63) is 29.6 Å². The minimum Gasteiger partial charge on any atom is -0.480 e. The first-order valence-electron chi connectivity index (χ1n) is 3.98. The number of nitrogens with zero attached hydrogens (tertiary/aromatic N) is 1. The van der Waals surface area contributed by atoms with Crippen LogP contribution in [0.5, 0.6) is 0 Å².